The summed E-state index contributed by atoms with van der Waals surface area (Å²) in [5.41, 5.74) is -0.0615. The minimum Gasteiger partial charge on any atom is -0.370 e. The van der Waals surface area contributed by atoms with Gasteiger partial charge in [-0.1, -0.05) is 42.2 Å². The Morgan fingerprint density at radius 2 is 1.78 bits per heavy atom. The van der Waals surface area contributed by atoms with Crippen molar-refractivity contribution in [2.75, 3.05) is 0 Å². The quantitative estimate of drug-likeness (QED) is 0.801. The molecule has 1 N–H and O–H groups in total. The molecule has 0 aliphatic heterocycles. The van der Waals surface area contributed by atoms with Crippen LogP contribution in [0, 0.1) is 11.8 Å². The summed E-state index contributed by atoms with van der Waals surface area (Å²) < 4.78 is 0. The third-order valence-electron chi connectivity index (χ3n) is 2.67. The molecule has 0 fully saturated rings. The first-order valence-electron chi connectivity index (χ1n) is 5.87. The molecule has 0 atom stereocenters. The molecule has 1 aromatic rings. The second kappa shape index (κ2) is 5.48. The van der Waals surface area contributed by atoms with Crippen molar-refractivity contribution in [1.29, 1.82) is 0 Å². The Labute approximate surface area is 107 Å². The number of aryl methyl sites for hydroxylation is 1. The highest BCUT2D eigenvalue weighted by atomic mass is 16.3. The zero-order valence-electron chi connectivity index (χ0n) is 9.97. The Morgan fingerprint density at radius 3 is 2.44 bits per heavy atom. The van der Waals surface area contributed by atoms with Crippen molar-refractivity contribution >= 4 is 5.78 Å². The van der Waals surface area contributed by atoms with Crippen molar-refractivity contribution in [3.63, 3.8) is 0 Å². The van der Waals surface area contributed by atoms with Crippen LogP contribution >= 0.6 is 0 Å². The van der Waals surface area contributed by atoms with Crippen molar-refractivity contribution < 1.29 is 9.90 Å². The molecule has 2 nitrogen and oxygen atoms in total. The maximum absolute atomic E-state index is 10.9. The van der Waals surface area contributed by atoms with E-state index in [1.807, 2.05) is 18.2 Å². The first kappa shape index (κ1) is 12.3. The van der Waals surface area contributed by atoms with Gasteiger partial charge in [-0.25, -0.2) is 0 Å². The highest BCUT2D eigenvalue weighted by Crippen LogP contribution is 2.12. The van der Waals surface area contributed by atoms with E-state index in [4.69, 9.17) is 0 Å². The number of allylic oxidation sites excluding steroid dienone is 2. The average molecular weight is 238 g/mol. The van der Waals surface area contributed by atoms with Crippen molar-refractivity contribution in [3.05, 3.63) is 60.2 Å². The van der Waals surface area contributed by atoms with Crippen LogP contribution in [0.1, 0.15) is 12.0 Å². The SMILES string of the molecule is O=C1C=CC(O)(C#CCCc2ccccc2)C=C1. The number of carbonyl (C=O) groups is 1. The fourth-order valence-electron chi connectivity index (χ4n) is 1.67. The van der Waals surface area contributed by atoms with Crippen LogP contribution in [-0.4, -0.2) is 16.5 Å². The fourth-order valence-corrected chi connectivity index (χ4v) is 1.67. The molecule has 1 aliphatic rings. The van der Waals surface area contributed by atoms with Crippen LogP contribution in [0.25, 0.3) is 0 Å². The van der Waals surface area contributed by atoms with Gasteiger partial charge in [0.25, 0.3) is 0 Å². The van der Waals surface area contributed by atoms with E-state index in [9.17, 15) is 9.90 Å². The van der Waals surface area contributed by atoms with Gasteiger partial charge in [-0.3, -0.25) is 4.79 Å². The van der Waals surface area contributed by atoms with Gasteiger partial charge in [0.05, 0.1) is 0 Å². The van der Waals surface area contributed by atoms with E-state index in [-0.39, 0.29) is 5.78 Å². The third kappa shape index (κ3) is 3.44. The predicted octanol–water partition coefficient (Wildman–Crippen LogP) is 2.05. The summed E-state index contributed by atoms with van der Waals surface area (Å²) in [6, 6.07) is 10.1. The lowest BCUT2D eigenvalue weighted by Gasteiger charge is -2.14. The molecule has 2 rings (SSSR count). The van der Waals surface area contributed by atoms with E-state index in [2.05, 4.69) is 24.0 Å². The van der Waals surface area contributed by atoms with E-state index < -0.39 is 5.60 Å². The molecule has 1 aliphatic carbocycles. The first-order valence-corrected chi connectivity index (χ1v) is 5.87. The van der Waals surface area contributed by atoms with E-state index in [0.717, 1.165) is 6.42 Å². The van der Waals surface area contributed by atoms with Crippen LogP contribution in [0.4, 0.5) is 0 Å². The largest absolute Gasteiger partial charge is 0.370 e. The number of rotatable bonds is 2. The molecule has 0 aromatic heterocycles. The zero-order valence-corrected chi connectivity index (χ0v) is 9.97. The molecular weight excluding hydrogens is 224 g/mol. The molecule has 0 amide bonds. The second-order valence-corrected chi connectivity index (χ2v) is 4.18. The fraction of sp³-hybridized carbons (Fsp3) is 0.188. The molecule has 0 unspecified atom stereocenters. The van der Waals surface area contributed by atoms with Gasteiger partial charge in [0.2, 0.25) is 0 Å². The van der Waals surface area contributed by atoms with Crippen LogP contribution in [0.3, 0.4) is 0 Å². The number of aliphatic hydroxyl groups is 1. The highest BCUT2D eigenvalue weighted by molar-refractivity contribution is 6.00. The minimum absolute atomic E-state index is 0.120. The van der Waals surface area contributed by atoms with E-state index in [1.54, 1.807) is 0 Å². The number of carbonyl (C=O) groups excluding carboxylic acids is 1. The molecule has 0 saturated carbocycles. The van der Waals surface area contributed by atoms with Crippen LogP contribution in [0.5, 0.6) is 0 Å². The van der Waals surface area contributed by atoms with Crippen molar-refractivity contribution in [3.8, 4) is 11.8 Å². The smallest absolute Gasteiger partial charge is 0.178 e. The monoisotopic (exact) mass is 238 g/mol. The first-order chi connectivity index (χ1) is 8.68. The number of ketones is 1. The van der Waals surface area contributed by atoms with Crippen molar-refractivity contribution in [1.82, 2.24) is 0 Å². The Kier molecular flexibility index (Phi) is 3.76. The van der Waals surface area contributed by atoms with Gasteiger partial charge in [0, 0.05) is 6.42 Å². The predicted molar refractivity (Wildman–Crippen MR) is 70.8 cm³/mol. The topological polar surface area (TPSA) is 37.3 Å². The number of hydrogen-bond donors (Lipinski definition) is 1. The van der Waals surface area contributed by atoms with E-state index in [1.165, 1.54) is 29.9 Å². The van der Waals surface area contributed by atoms with Gasteiger partial charge >= 0.3 is 0 Å². The minimum atomic E-state index is -1.29. The molecule has 1 aromatic carbocycles. The lowest BCUT2D eigenvalue weighted by Crippen LogP contribution is -2.23. The molecule has 2 heteroatoms. The zero-order chi connectivity index (χ0) is 12.8. The average Bonchev–Trinajstić information content (AvgIpc) is 2.40. The normalized spacial score (nSPS) is 16.2. The second-order valence-electron chi connectivity index (χ2n) is 4.18. The van der Waals surface area contributed by atoms with Crippen LogP contribution < -0.4 is 0 Å². The molecule has 0 saturated heterocycles. The Balaban J connectivity index is 1.91. The maximum atomic E-state index is 10.9. The Hall–Kier alpha value is -2.11. The number of hydrogen-bond acceptors (Lipinski definition) is 2. The summed E-state index contributed by atoms with van der Waals surface area (Å²) in [6.45, 7) is 0. The maximum Gasteiger partial charge on any atom is 0.178 e. The lowest BCUT2D eigenvalue weighted by molar-refractivity contribution is -0.110. The van der Waals surface area contributed by atoms with Crippen LogP contribution in [0.2, 0.25) is 0 Å². The lowest BCUT2D eigenvalue weighted by atomic mass is 9.98. The molecule has 90 valence electrons. The summed E-state index contributed by atoms with van der Waals surface area (Å²) in [5, 5.41) is 9.99. The highest BCUT2D eigenvalue weighted by Gasteiger charge is 2.19. The van der Waals surface area contributed by atoms with Crippen LogP contribution in [0.15, 0.2) is 54.6 Å². The molecule has 0 spiro atoms. The summed E-state index contributed by atoms with van der Waals surface area (Å²) in [4.78, 5) is 10.9. The van der Waals surface area contributed by atoms with Crippen molar-refractivity contribution in [2.24, 2.45) is 0 Å². The summed E-state index contributed by atoms with van der Waals surface area (Å²) in [5.74, 6) is 5.59. The summed E-state index contributed by atoms with van der Waals surface area (Å²) in [6.07, 6.45) is 7.06. The van der Waals surface area contributed by atoms with E-state index >= 15 is 0 Å². The van der Waals surface area contributed by atoms with Gasteiger partial charge in [-0.2, -0.15) is 0 Å². The molecule has 18 heavy (non-hydrogen) atoms. The van der Waals surface area contributed by atoms with Gasteiger partial charge in [-0.05, 0) is 36.3 Å². The Morgan fingerprint density at radius 1 is 1.11 bits per heavy atom. The third-order valence-corrected chi connectivity index (χ3v) is 2.67. The number of benzene rings is 1. The molecular formula is C16H14O2. The van der Waals surface area contributed by atoms with Crippen molar-refractivity contribution in [2.45, 2.75) is 18.4 Å². The van der Waals surface area contributed by atoms with E-state index in [0.29, 0.717) is 6.42 Å². The van der Waals surface area contributed by atoms with Crippen LogP contribution in [-0.2, 0) is 11.2 Å². The molecule has 0 heterocycles. The standard InChI is InChI=1S/C16H14O2/c17-15-9-12-16(18,13-10-15)11-5-4-8-14-6-2-1-3-7-14/h1-3,6-7,9-10,12-13,18H,4,8H2. The van der Waals surface area contributed by atoms with Gasteiger partial charge in [0.1, 0.15) is 0 Å². The van der Waals surface area contributed by atoms with Gasteiger partial charge in [0.15, 0.2) is 11.4 Å². The molecule has 0 radical (unpaired) electrons. The summed E-state index contributed by atoms with van der Waals surface area (Å²) >= 11 is 0. The Bertz CT molecular complexity index is 525. The summed E-state index contributed by atoms with van der Waals surface area (Å²) in [7, 11) is 0. The van der Waals surface area contributed by atoms with Gasteiger partial charge < -0.3 is 5.11 Å². The van der Waals surface area contributed by atoms with Gasteiger partial charge in [-0.15, -0.1) is 0 Å². The molecule has 0 bridgehead atoms.